The number of halogens is 1. The fraction of sp³-hybridized carbons (Fsp3) is 0.179. The number of urea groups is 1. The average Bonchev–Trinajstić information content (AvgIpc) is 3.15. The zero-order chi connectivity index (χ0) is 26.4. The van der Waals surface area contributed by atoms with Crippen LogP contribution < -0.4 is 20.1 Å². The van der Waals surface area contributed by atoms with Gasteiger partial charge >= 0.3 is 6.03 Å². The van der Waals surface area contributed by atoms with E-state index in [2.05, 4.69) is 26.6 Å². The lowest BCUT2D eigenvalue weighted by Crippen LogP contribution is -2.38. The summed E-state index contributed by atoms with van der Waals surface area (Å²) < 4.78 is 12.1. The molecule has 1 fully saturated rings. The average molecular weight is 564 g/mol. The van der Waals surface area contributed by atoms with Gasteiger partial charge in [-0.1, -0.05) is 55.5 Å². The monoisotopic (exact) mass is 563 g/mol. The minimum Gasteiger partial charge on any atom is -0.493 e. The Balaban J connectivity index is 1.47. The summed E-state index contributed by atoms with van der Waals surface area (Å²) in [6, 6.07) is 19.9. The number of methoxy groups -OCH3 is 1. The Hall–Kier alpha value is -4.11. The molecular weight excluding hydrogens is 538 g/mol. The number of carbonyl (C=O) groups excluding carboxylic acids is 3. The molecule has 3 aromatic rings. The Bertz CT molecular complexity index is 1360. The van der Waals surface area contributed by atoms with Crippen LogP contribution in [0.4, 0.5) is 10.5 Å². The minimum absolute atomic E-state index is 0.0543. The number of nitrogens with zero attached hydrogens (tertiary/aromatic N) is 1. The molecular formula is C28H26BrN3O5. The van der Waals surface area contributed by atoms with Crippen molar-refractivity contribution in [2.24, 2.45) is 0 Å². The molecule has 1 saturated heterocycles. The Morgan fingerprint density at radius 1 is 1.08 bits per heavy atom. The van der Waals surface area contributed by atoms with Crippen molar-refractivity contribution in [3.63, 3.8) is 0 Å². The maximum atomic E-state index is 12.9. The van der Waals surface area contributed by atoms with Gasteiger partial charge in [-0.05, 0) is 63.3 Å². The molecule has 190 valence electrons. The molecule has 0 spiro atoms. The predicted octanol–water partition coefficient (Wildman–Crippen LogP) is 5.13. The number of amides is 4. The van der Waals surface area contributed by atoms with Gasteiger partial charge in [-0.3, -0.25) is 9.59 Å². The van der Waals surface area contributed by atoms with Crippen molar-refractivity contribution in [1.82, 2.24) is 10.2 Å². The maximum Gasteiger partial charge on any atom is 0.329 e. The van der Waals surface area contributed by atoms with Crippen molar-refractivity contribution < 1.29 is 23.9 Å². The number of imide groups is 1. The highest BCUT2D eigenvalue weighted by Gasteiger charge is 2.35. The molecule has 0 saturated carbocycles. The third kappa shape index (κ3) is 6.18. The van der Waals surface area contributed by atoms with Crippen LogP contribution in [0, 0.1) is 0 Å². The number of hydrogen-bond donors (Lipinski definition) is 2. The Morgan fingerprint density at radius 2 is 1.81 bits per heavy atom. The fourth-order valence-corrected chi connectivity index (χ4v) is 4.43. The molecule has 9 heteroatoms. The second-order valence-electron chi connectivity index (χ2n) is 8.25. The van der Waals surface area contributed by atoms with Gasteiger partial charge in [0.05, 0.1) is 11.6 Å². The number of carbonyl (C=O) groups is 3. The standard InChI is InChI=1S/C28H26BrN3O5/c1-3-20-11-7-8-12-22(20)30-25(33)16-32-27(34)23(31-28(32)35)14-19-13-21(29)26(24(15-19)36-2)37-17-18-9-5-4-6-10-18/h4-15H,3,16-17H2,1-2H3,(H,30,33)(H,31,35)/b23-14+. The third-order valence-corrected chi connectivity index (χ3v) is 6.31. The topological polar surface area (TPSA) is 97.0 Å². The SMILES string of the molecule is CCc1ccccc1NC(=O)CN1C(=O)N/C(=C/c2cc(Br)c(OCc3ccccc3)c(OC)c2)C1=O. The van der Waals surface area contributed by atoms with Crippen molar-refractivity contribution in [1.29, 1.82) is 0 Å². The maximum absolute atomic E-state index is 12.9. The quantitative estimate of drug-likeness (QED) is 0.278. The molecule has 1 aliphatic rings. The van der Waals surface area contributed by atoms with Crippen LogP contribution in [-0.2, 0) is 22.6 Å². The summed E-state index contributed by atoms with van der Waals surface area (Å²) >= 11 is 3.51. The van der Waals surface area contributed by atoms with Crippen molar-refractivity contribution in [3.05, 3.63) is 93.6 Å². The van der Waals surface area contributed by atoms with Crippen LogP contribution in [0.2, 0.25) is 0 Å². The Labute approximate surface area is 223 Å². The van der Waals surface area contributed by atoms with E-state index in [4.69, 9.17) is 9.47 Å². The van der Waals surface area contributed by atoms with E-state index >= 15 is 0 Å². The first-order valence-corrected chi connectivity index (χ1v) is 12.5. The first-order valence-electron chi connectivity index (χ1n) is 11.7. The van der Waals surface area contributed by atoms with Crippen LogP contribution in [0.1, 0.15) is 23.6 Å². The van der Waals surface area contributed by atoms with E-state index in [1.54, 1.807) is 18.2 Å². The van der Waals surface area contributed by atoms with Gasteiger partial charge in [-0.2, -0.15) is 0 Å². The fourth-order valence-electron chi connectivity index (χ4n) is 3.86. The van der Waals surface area contributed by atoms with Gasteiger partial charge < -0.3 is 20.1 Å². The number of para-hydroxylation sites is 1. The van der Waals surface area contributed by atoms with Gasteiger partial charge in [-0.15, -0.1) is 0 Å². The smallest absolute Gasteiger partial charge is 0.329 e. The highest BCUT2D eigenvalue weighted by molar-refractivity contribution is 9.10. The highest BCUT2D eigenvalue weighted by atomic mass is 79.9. The number of rotatable bonds is 9. The first-order chi connectivity index (χ1) is 17.9. The second-order valence-corrected chi connectivity index (χ2v) is 9.10. The summed E-state index contributed by atoms with van der Waals surface area (Å²) in [5.41, 5.74) is 3.28. The van der Waals surface area contributed by atoms with E-state index < -0.39 is 24.4 Å². The summed E-state index contributed by atoms with van der Waals surface area (Å²) in [4.78, 5) is 38.9. The van der Waals surface area contributed by atoms with Gasteiger partial charge in [0.2, 0.25) is 5.91 Å². The van der Waals surface area contributed by atoms with Crippen molar-refractivity contribution in [2.75, 3.05) is 19.0 Å². The van der Waals surface area contributed by atoms with Gasteiger partial charge in [0, 0.05) is 5.69 Å². The van der Waals surface area contributed by atoms with Crippen LogP contribution >= 0.6 is 15.9 Å². The molecule has 0 unspecified atom stereocenters. The molecule has 0 atom stereocenters. The van der Waals surface area contributed by atoms with E-state index in [0.717, 1.165) is 22.4 Å². The first kappa shape index (κ1) is 26.0. The number of ether oxygens (including phenoxy) is 2. The summed E-state index contributed by atoms with van der Waals surface area (Å²) in [5.74, 6) is -0.0842. The lowest BCUT2D eigenvalue weighted by molar-refractivity contribution is -0.127. The zero-order valence-electron chi connectivity index (χ0n) is 20.4. The van der Waals surface area contributed by atoms with E-state index in [0.29, 0.717) is 33.8 Å². The van der Waals surface area contributed by atoms with E-state index in [1.165, 1.54) is 13.2 Å². The van der Waals surface area contributed by atoms with Crippen LogP contribution in [-0.4, -0.2) is 36.4 Å². The molecule has 37 heavy (non-hydrogen) atoms. The molecule has 1 aliphatic heterocycles. The number of hydrogen-bond acceptors (Lipinski definition) is 5. The van der Waals surface area contributed by atoms with E-state index in [1.807, 2.05) is 55.5 Å². The molecule has 0 bridgehead atoms. The van der Waals surface area contributed by atoms with Crippen LogP contribution in [0.15, 0.2) is 76.9 Å². The van der Waals surface area contributed by atoms with Crippen LogP contribution in [0.3, 0.4) is 0 Å². The van der Waals surface area contributed by atoms with Gasteiger partial charge in [0.25, 0.3) is 5.91 Å². The molecule has 0 radical (unpaired) electrons. The summed E-state index contributed by atoms with van der Waals surface area (Å²) in [6.45, 7) is 1.93. The predicted molar refractivity (Wildman–Crippen MR) is 144 cm³/mol. The van der Waals surface area contributed by atoms with E-state index in [9.17, 15) is 14.4 Å². The molecule has 1 heterocycles. The Kier molecular flexibility index (Phi) is 8.25. The van der Waals surface area contributed by atoms with Crippen LogP contribution in [0.5, 0.6) is 11.5 Å². The minimum atomic E-state index is -0.663. The molecule has 4 amide bonds. The van der Waals surface area contributed by atoms with Crippen molar-refractivity contribution in [2.45, 2.75) is 20.0 Å². The number of anilines is 1. The number of nitrogens with one attached hydrogen (secondary N) is 2. The number of aryl methyl sites for hydroxylation is 1. The van der Waals surface area contributed by atoms with Crippen molar-refractivity contribution in [3.8, 4) is 11.5 Å². The third-order valence-electron chi connectivity index (χ3n) is 5.73. The Morgan fingerprint density at radius 3 is 2.54 bits per heavy atom. The van der Waals surface area contributed by atoms with Gasteiger partial charge in [0.15, 0.2) is 11.5 Å². The normalized spacial score (nSPS) is 14.0. The van der Waals surface area contributed by atoms with Gasteiger partial charge in [-0.25, -0.2) is 9.69 Å². The van der Waals surface area contributed by atoms with Crippen molar-refractivity contribution >= 4 is 45.5 Å². The molecule has 8 nitrogen and oxygen atoms in total. The van der Waals surface area contributed by atoms with Crippen LogP contribution in [0.25, 0.3) is 6.08 Å². The molecule has 2 N–H and O–H groups in total. The summed E-state index contributed by atoms with van der Waals surface area (Å²) in [6.07, 6.45) is 2.26. The second kappa shape index (κ2) is 11.7. The molecule has 0 aromatic heterocycles. The highest BCUT2D eigenvalue weighted by Crippen LogP contribution is 2.38. The lowest BCUT2D eigenvalue weighted by Gasteiger charge is -2.14. The van der Waals surface area contributed by atoms with E-state index in [-0.39, 0.29) is 5.70 Å². The summed E-state index contributed by atoms with van der Waals surface area (Å²) in [5, 5.41) is 5.32. The molecule has 0 aliphatic carbocycles. The molecule has 3 aromatic carbocycles. The largest absolute Gasteiger partial charge is 0.493 e. The van der Waals surface area contributed by atoms with Gasteiger partial charge in [0.1, 0.15) is 18.8 Å². The summed E-state index contributed by atoms with van der Waals surface area (Å²) in [7, 11) is 1.52. The molecule has 4 rings (SSSR count). The lowest BCUT2D eigenvalue weighted by atomic mass is 10.1. The zero-order valence-corrected chi connectivity index (χ0v) is 22.0. The number of benzene rings is 3.